The van der Waals surface area contributed by atoms with Crippen LogP contribution in [-0.4, -0.2) is 28.7 Å². The molecular weight excluding hydrogens is 424 g/mol. The maximum atomic E-state index is 13.4. The van der Waals surface area contributed by atoms with Crippen LogP contribution in [0.25, 0.3) is 0 Å². The standard InChI is InChI=1S/C24H18N4O5/c1-32-16-9-6-14(7-10-16)20-13-21-17-4-2-3-5-22(17)33-24(27(21)26-20)18-12-15(28(30)31)8-11-19(18)25-23(24)29/h2-12,21H,13H2,1H3,(H,25,29)/t21-,24-/m1/s1. The molecule has 0 unspecified atom stereocenters. The quantitative estimate of drug-likeness (QED) is 0.486. The summed E-state index contributed by atoms with van der Waals surface area (Å²) in [5, 5.41) is 20.8. The van der Waals surface area contributed by atoms with E-state index in [1.807, 2.05) is 48.5 Å². The van der Waals surface area contributed by atoms with Crippen molar-refractivity contribution >= 4 is 23.0 Å². The van der Waals surface area contributed by atoms with E-state index in [9.17, 15) is 14.9 Å². The molecule has 0 aliphatic carbocycles. The number of nitrogens with zero attached hydrogens (tertiary/aromatic N) is 3. The van der Waals surface area contributed by atoms with Gasteiger partial charge in [-0.15, -0.1) is 0 Å². The minimum absolute atomic E-state index is 0.123. The second-order valence-corrected chi connectivity index (χ2v) is 8.06. The summed E-state index contributed by atoms with van der Waals surface area (Å²) in [4.78, 5) is 24.4. The molecule has 6 rings (SSSR count). The van der Waals surface area contributed by atoms with Gasteiger partial charge < -0.3 is 14.8 Å². The number of carbonyl (C=O) groups excluding carboxylic acids is 1. The molecule has 0 radical (unpaired) electrons. The van der Waals surface area contributed by atoms with Crippen molar-refractivity contribution in [2.45, 2.75) is 18.2 Å². The summed E-state index contributed by atoms with van der Waals surface area (Å²) in [6, 6.07) is 19.1. The Morgan fingerprint density at radius 3 is 2.73 bits per heavy atom. The van der Waals surface area contributed by atoms with E-state index < -0.39 is 16.6 Å². The number of amides is 1. The van der Waals surface area contributed by atoms with E-state index in [1.54, 1.807) is 12.1 Å². The first-order valence-electron chi connectivity index (χ1n) is 10.4. The van der Waals surface area contributed by atoms with Crippen LogP contribution in [-0.2, 0) is 10.5 Å². The third-order valence-corrected chi connectivity index (χ3v) is 6.33. The molecule has 33 heavy (non-hydrogen) atoms. The van der Waals surface area contributed by atoms with Crippen LogP contribution in [0.3, 0.4) is 0 Å². The van der Waals surface area contributed by atoms with Gasteiger partial charge in [-0.1, -0.05) is 18.2 Å². The zero-order valence-electron chi connectivity index (χ0n) is 17.5. The van der Waals surface area contributed by atoms with Gasteiger partial charge in [0.15, 0.2) is 0 Å². The average molecular weight is 442 g/mol. The molecule has 3 aliphatic rings. The number of nitro groups is 1. The van der Waals surface area contributed by atoms with Gasteiger partial charge in [0.25, 0.3) is 11.6 Å². The summed E-state index contributed by atoms with van der Waals surface area (Å²) in [5.41, 5.74) is 1.67. The second kappa shape index (κ2) is 6.80. The lowest BCUT2D eigenvalue weighted by Crippen LogP contribution is -2.55. The molecule has 1 N–H and O–H groups in total. The second-order valence-electron chi connectivity index (χ2n) is 8.06. The van der Waals surface area contributed by atoms with Crippen LogP contribution < -0.4 is 14.8 Å². The van der Waals surface area contributed by atoms with Gasteiger partial charge in [-0.05, 0) is 42.0 Å². The molecule has 0 saturated heterocycles. The number of ether oxygens (including phenoxy) is 2. The number of nitro benzene ring substituents is 1. The Bertz CT molecular complexity index is 1350. The van der Waals surface area contributed by atoms with Crippen molar-refractivity contribution in [2.24, 2.45) is 5.10 Å². The minimum atomic E-state index is -1.64. The van der Waals surface area contributed by atoms with E-state index in [2.05, 4.69) is 5.32 Å². The summed E-state index contributed by atoms with van der Waals surface area (Å²) in [6.45, 7) is 0. The van der Waals surface area contributed by atoms with Crippen LogP contribution in [0.2, 0.25) is 0 Å². The zero-order chi connectivity index (χ0) is 22.7. The van der Waals surface area contributed by atoms with Gasteiger partial charge in [-0.25, -0.2) is 5.01 Å². The number of hydrazone groups is 1. The number of hydrogen-bond donors (Lipinski definition) is 1. The lowest BCUT2D eigenvalue weighted by Gasteiger charge is -2.43. The lowest BCUT2D eigenvalue weighted by atomic mass is 9.92. The maximum Gasteiger partial charge on any atom is 0.306 e. The van der Waals surface area contributed by atoms with E-state index in [4.69, 9.17) is 14.6 Å². The Kier molecular flexibility index (Phi) is 3.97. The smallest absolute Gasteiger partial charge is 0.306 e. The summed E-state index contributed by atoms with van der Waals surface area (Å²) in [6.07, 6.45) is 0.548. The Labute approximate surface area is 188 Å². The van der Waals surface area contributed by atoms with Gasteiger partial charge in [0, 0.05) is 24.1 Å². The van der Waals surface area contributed by atoms with Crippen LogP contribution in [0.5, 0.6) is 11.5 Å². The van der Waals surface area contributed by atoms with E-state index in [-0.39, 0.29) is 11.7 Å². The summed E-state index contributed by atoms with van der Waals surface area (Å²) < 4.78 is 11.6. The zero-order valence-corrected chi connectivity index (χ0v) is 17.5. The monoisotopic (exact) mass is 442 g/mol. The van der Waals surface area contributed by atoms with Gasteiger partial charge in [-0.2, -0.15) is 5.10 Å². The predicted molar refractivity (Wildman–Crippen MR) is 119 cm³/mol. The minimum Gasteiger partial charge on any atom is -0.497 e. The molecule has 1 spiro atoms. The molecule has 0 aromatic heterocycles. The third kappa shape index (κ3) is 2.65. The molecule has 164 valence electrons. The molecule has 3 aliphatic heterocycles. The fraction of sp³-hybridized carbons (Fsp3) is 0.167. The molecule has 0 fully saturated rings. The Morgan fingerprint density at radius 1 is 1.18 bits per heavy atom. The number of rotatable bonds is 3. The number of methoxy groups -OCH3 is 1. The highest BCUT2D eigenvalue weighted by molar-refractivity contribution is 6.07. The number of benzene rings is 3. The maximum absolute atomic E-state index is 13.4. The molecule has 9 nitrogen and oxygen atoms in total. The molecule has 0 saturated carbocycles. The van der Waals surface area contributed by atoms with Crippen molar-refractivity contribution in [2.75, 3.05) is 12.4 Å². The summed E-state index contributed by atoms with van der Waals surface area (Å²) in [5.74, 6) is 0.855. The van der Waals surface area contributed by atoms with E-state index in [0.29, 0.717) is 23.4 Å². The first-order chi connectivity index (χ1) is 16.0. The highest BCUT2D eigenvalue weighted by Gasteiger charge is 2.61. The van der Waals surface area contributed by atoms with Crippen molar-refractivity contribution in [1.82, 2.24) is 5.01 Å². The summed E-state index contributed by atoms with van der Waals surface area (Å²) >= 11 is 0. The molecule has 0 bridgehead atoms. The van der Waals surface area contributed by atoms with Gasteiger partial charge in [0.1, 0.15) is 11.5 Å². The SMILES string of the molecule is COc1ccc(C2=NN3[C@H](C2)c2ccccc2O[C@]32C(=O)Nc3ccc([N+](=O)[O-])cc32)cc1. The van der Waals surface area contributed by atoms with Gasteiger partial charge in [-0.3, -0.25) is 14.9 Å². The van der Waals surface area contributed by atoms with Crippen molar-refractivity contribution in [3.8, 4) is 11.5 Å². The van der Waals surface area contributed by atoms with Crippen molar-refractivity contribution in [3.05, 3.63) is 93.5 Å². The molecule has 1 amide bonds. The Morgan fingerprint density at radius 2 is 1.97 bits per heavy atom. The molecule has 2 atom stereocenters. The van der Waals surface area contributed by atoms with E-state index in [0.717, 1.165) is 22.6 Å². The first kappa shape index (κ1) is 19.3. The number of carbonyl (C=O) groups is 1. The van der Waals surface area contributed by atoms with Gasteiger partial charge in [0.2, 0.25) is 0 Å². The number of para-hydroxylation sites is 1. The average Bonchev–Trinajstić information content (AvgIpc) is 3.40. The van der Waals surface area contributed by atoms with Crippen LogP contribution in [0.15, 0.2) is 71.8 Å². The Hall–Kier alpha value is -4.40. The highest BCUT2D eigenvalue weighted by Crippen LogP contribution is 2.54. The first-order valence-corrected chi connectivity index (χ1v) is 10.4. The lowest BCUT2D eigenvalue weighted by molar-refractivity contribution is -0.385. The highest BCUT2D eigenvalue weighted by atomic mass is 16.6. The number of anilines is 1. The number of non-ortho nitro benzene ring substituents is 1. The van der Waals surface area contributed by atoms with Crippen LogP contribution in [0.4, 0.5) is 11.4 Å². The number of nitrogens with one attached hydrogen (secondary N) is 1. The van der Waals surface area contributed by atoms with Crippen molar-refractivity contribution in [1.29, 1.82) is 0 Å². The van der Waals surface area contributed by atoms with Crippen LogP contribution >= 0.6 is 0 Å². The molecule has 3 aromatic rings. The number of fused-ring (bicyclic) bond motifs is 6. The van der Waals surface area contributed by atoms with E-state index in [1.165, 1.54) is 18.2 Å². The fourth-order valence-electron chi connectivity index (χ4n) is 4.75. The molecular formula is C24H18N4O5. The van der Waals surface area contributed by atoms with Gasteiger partial charge in [0.05, 0.1) is 35.0 Å². The Balaban J connectivity index is 1.54. The fourth-order valence-corrected chi connectivity index (χ4v) is 4.75. The molecule has 3 aromatic carbocycles. The van der Waals surface area contributed by atoms with Crippen LogP contribution in [0.1, 0.15) is 29.2 Å². The normalized spacial score (nSPS) is 22.1. The predicted octanol–water partition coefficient (Wildman–Crippen LogP) is 3.95. The molecule has 3 heterocycles. The summed E-state index contributed by atoms with van der Waals surface area (Å²) in [7, 11) is 1.61. The van der Waals surface area contributed by atoms with Crippen molar-refractivity contribution in [3.63, 3.8) is 0 Å². The van der Waals surface area contributed by atoms with Crippen molar-refractivity contribution < 1.29 is 19.2 Å². The third-order valence-electron chi connectivity index (χ3n) is 6.33. The largest absolute Gasteiger partial charge is 0.497 e. The topological polar surface area (TPSA) is 106 Å². The van der Waals surface area contributed by atoms with Crippen LogP contribution in [0, 0.1) is 10.1 Å². The van der Waals surface area contributed by atoms with E-state index >= 15 is 0 Å². The number of hydrogen-bond acceptors (Lipinski definition) is 7. The molecule has 9 heteroatoms. The van der Waals surface area contributed by atoms with Gasteiger partial charge >= 0.3 is 5.72 Å².